The maximum absolute atomic E-state index is 12.3. The van der Waals surface area contributed by atoms with Crippen molar-refractivity contribution in [2.75, 3.05) is 12.5 Å². The summed E-state index contributed by atoms with van der Waals surface area (Å²) in [6.07, 6.45) is 1.66. The van der Waals surface area contributed by atoms with Crippen LogP contribution in [0.3, 0.4) is 0 Å². The third-order valence-electron chi connectivity index (χ3n) is 3.94. The van der Waals surface area contributed by atoms with E-state index < -0.39 is 5.63 Å². The van der Waals surface area contributed by atoms with Crippen LogP contribution in [0.15, 0.2) is 68.2 Å². The van der Waals surface area contributed by atoms with Gasteiger partial charge in [-0.15, -0.1) is 11.3 Å². The highest BCUT2D eigenvalue weighted by molar-refractivity contribution is 7.14. The van der Waals surface area contributed by atoms with Crippen LogP contribution in [-0.2, 0) is 0 Å². The Morgan fingerprint density at radius 3 is 3.00 bits per heavy atom. The fourth-order valence-electron chi connectivity index (χ4n) is 2.61. The molecule has 0 amide bonds. The Morgan fingerprint density at radius 2 is 2.14 bits per heavy atom. The zero-order chi connectivity index (χ0) is 19.5. The van der Waals surface area contributed by atoms with Gasteiger partial charge in [0.2, 0.25) is 5.13 Å². The van der Waals surface area contributed by atoms with Crippen molar-refractivity contribution in [2.45, 2.75) is 0 Å². The molecule has 0 aliphatic heterocycles. The number of thiazole rings is 1. The second-order valence-corrected chi connectivity index (χ2v) is 7.11. The van der Waals surface area contributed by atoms with E-state index in [4.69, 9.17) is 20.8 Å². The van der Waals surface area contributed by atoms with E-state index in [2.05, 4.69) is 15.5 Å². The molecule has 6 nitrogen and oxygen atoms in total. The van der Waals surface area contributed by atoms with Crippen LogP contribution in [0.2, 0.25) is 5.02 Å². The Bertz CT molecular complexity index is 1230. The van der Waals surface area contributed by atoms with Gasteiger partial charge < -0.3 is 9.15 Å². The molecule has 0 aliphatic rings. The Morgan fingerprint density at radius 1 is 1.25 bits per heavy atom. The van der Waals surface area contributed by atoms with E-state index in [1.54, 1.807) is 43.0 Å². The van der Waals surface area contributed by atoms with Crippen molar-refractivity contribution in [3.8, 4) is 17.0 Å². The van der Waals surface area contributed by atoms with Crippen LogP contribution in [0.1, 0.15) is 5.56 Å². The van der Waals surface area contributed by atoms with Gasteiger partial charge in [0, 0.05) is 15.8 Å². The second-order valence-electron chi connectivity index (χ2n) is 5.81. The number of ether oxygens (including phenoxy) is 1. The number of methoxy groups -OCH3 is 1. The number of fused-ring (bicyclic) bond motifs is 1. The molecule has 4 aromatic rings. The molecular weight excluding hydrogens is 398 g/mol. The van der Waals surface area contributed by atoms with E-state index >= 15 is 0 Å². The van der Waals surface area contributed by atoms with E-state index in [0.717, 1.165) is 16.7 Å². The lowest BCUT2D eigenvalue weighted by molar-refractivity contribution is 0.415. The monoisotopic (exact) mass is 411 g/mol. The maximum atomic E-state index is 12.3. The molecule has 4 rings (SSSR count). The fourth-order valence-corrected chi connectivity index (χ4v) is 3.45. The fraction of sp³-hybridized carbons (Fsp3) is 0.0500. The van der Waals surface area contributed by atoms with Gasteiger partial charge in [-0.2, -0.15) is 5.10 Å². The van der Waals surface area contributed by atoms with Crippen LogP contribution in [0.4, 0.5) is 5.13 Å². The highest BCUT2D eigenvalue weighted by Crippen LogP contribution is 2.26. The van der Waals surface area contributed by atoms with Crippen molar-refractivity contribution in [1.82, 2.24) is 4.98 Å². The molecule has 0 spiro atoms. The van der Waals surface area contributed by atoms with Gasteiger partial charge in [-0.25, -0.2) is 9.78 Å². The minimum absolute atomic E-state index is 0.371. The topological polar surface area (TPSA) is 76.7 Å². The van der Waals surface area contributed by atoms with Crippen LogP contribution >= 0.6 is 22.9 Å². The molecule has 0 saturated heterocycles. The molecule has 0 bridgehead atoms. The summed E-state index contributed by atoms with van der Waals surface area (Å²) in [6, 6.07) is 14.3. The smallest absolute Gasteiger partial charge is 0.345 e. The lowest BCUT2D eigenvalue weighted by Crippen LogP contribution is -2.03. The Labute approximate surface area is 169 Å². The quantitative estimate of drug-likeness (QED) is 0.283. The number of anilines is 1. The van der Waals surface area contributed by atoms with Gasteiger partial charge >= 0.3 is 5.63 Å². The zero-order valence-electron chi connectivity index (χ0n) is 14.7. The average Bonchev–Trinajstić information content (AvgIpc) is 3.16. The third kappa shape index (κ3) is 3.90. The number of aromatic nitrogens is 1. The van der Waals surface area contributed by atoms with Gasteiger partial charge in [0.15, 0.2) is 0 Å². The van der Waals surface area contributed by atoms with Crippen molar-refractivity contribution < 1.29 is 9.15 Å². The molecule has 2 aromatic heterocycles. The second kappa shape index (κ2) is 7.84. The molecule has 0 fully saturated rings. The van der Waals surface area contributed by atoms with Crippen molar-refractivity contribution in [3.63, 3.8) is 0 Å². The number of nitrogens with one attached hydrogen (secondary N) is 1. The standard InChI is InChI=1S/C20H14ClN3O3S/c1-26-15-4-2-3-12(7-15)10-22-24-20-23-17(11-28-20)16-9-13-8-14(21)5-6-18(13)27-19(16)25/h2-11H,1H3,(H,23,24). The van der Waals surface area contributed by atoms with Crippen molar-refractivity contribution in [1.29, 1.82) is 0 Å². The van der Waals surface area contributed by atoms with Gasteiger partial charge in [0.25, 0.3) is 0 Å². The minimum Gasteiger partial charge on any atom is -0.497 e. The van der Waals surface area contributed by atoms with Crippen LogP contribution in [0.5, 0.6) is 5.75 Å². The normalized spacial score (nSPS) is 11.2. The third-order valence-corrected chi connectivity index (χ3v) is 4.92. The van der Waals surface area contributed by atoms with E-state index in [1.165, 1.54) is 11.3 Å². The molecule has 0 unspecified atom stereocenters. The SMILES string of the molecule is COc1cccc(C=NNc2nc(-c3cc4cc(Cl)ccc4oc3=O)cs2)c1. The summed E-state index contributed by atoms with van der Waals surface area (Å²) in [4.78, 5) is 16.7. The summed E-state index contributed by atoms with van der Waals surface area (Å²) in [5, 5.41) is 7.81. The minimum atomic E-state index is -0.452. The van der Waals surface area contributed by atoms with Gasteiger partial charge in [-0.05, 0) is 42.0 Å². The molecular formula is C20H14ClN3O3S. The maximum Gasteiger partial charge on any atom is 0.345 e. The number of hydrogen-bond acceptors (Lipinski definition) is 7. The average molecular weight is 412 g/mol. The molecule has 0 saturated carbocycles. The lowest BCUT2D eigenvalue weighted by Gasteiger charge is -2.00. The van der Waals surface area contributed by atoms with E-state index in [-0.39, 0.29) is 0 Å². The van der Waals surface area contributed by atoms with Crippen LogP contribution in [-0.4, -0.2) is 18.3 Å². The summed E-state index contributed by atoms with van der Waals surface area (Å²) in [5.74, 6) is 0.753. The first kappa shape index (κ1) is 18.2. The Hall–Kier alpha value is -3.16. The number of hydrazone groups is 1. The van der Waals surface area contributed by atoms with E-state index in [0.29, 0.717) is 27.0 Å². The number of nitrogens with zero attached hydrogens (tertiary/aromatic N) is 2. The molecule has 2 aromatic carbocycles. The first-order chi connectivity index (χ1) is 13.6. The largest absolute Gasteiger partial charge is 0.497 e. The van der Waals surface area contributed by atoms with Crippen LogP contribution in [0, 0.1) is 0 Å². The van der Waals surface area contributed by atoms with Gasteiger partial charge in [0.05, 0.1) is 24.6 Å². The summed E-state index contributed by atoms with van der Waals surface area (Å²) in [7, 11) is 1.61. The van der Waals surface area contributed by atoms with Crippen molar-refractivity contribution in [2.24, 2.45) is 5.10 Å². The van der Waals surface area contributed by atoms with Gasteiger partial charge in [-0.1, -0.05) is 23.7 Å². The highest BCUT2D eigenvalue weighted by Gasteiger charge is 2.11. The number of hydrogen-bond donors (Lipinski definition) is 1. The first-order valence-electron chi connectivity index (χ1n) is 8.25. The molecule has 0 radical (unpaired) electrons. The first-order valence-corrected chi connectivity index (χ1v) is 9.50. The van der Waals surface area contributed by atoms with Crippen molar-refractivity contribution in [3.05, 3.63) is 74.9 Å². The summed E-state index contributed by atoms with van der Waals surface area (Å²) >= 11 is 7.36. The molecule has 1 N–H and O–H groups in total. The molecule has 0 aliphatic carbocycles. The van der Waals surface area contributed by atoms with E-state index in [9.17, 15) is 4.79 Å². The van der Waals surface area contributed by atoms with Crippen LogP contribution < -0.4 is 15.8 Å². The zero-order valence-corrected chi connectivity index (χ0v) is 16.3. The molecule has 0 atom stereocenters. The summed E-state index contributed by atoms with van der Waals surface area (Å²) in [5.41, 5.74) is 4.67. The molecule has 2 heterocycles. The number of halogens is 1. The predicted molar refractivity (Wildman–Crippen MR) is 113 cm³/mol. The van der Waals surface area contributed by atoms with Crippen molar-refractivity contribution >= 4 is 45.3 Å². The highest BCUT2D eigenvalue weighted by atomic mass is 35.5. The summed E-state index contributed by atoms with van der Waals surface area (Å²) < 4.78 is 10.5. The number of benzene rings is 2. The van der Waals surface area contributed by atoms with E-state index in [1.807, 2.05) is 24.3 Å². The lowest BCUT2D eigenvalue weighted by atomic mass is 10.1. The Kier molecular flexibility index (Phi) is 5.10. The molecule has 28 heavy (non-hydrogen) atoms. The van der Waals surface area contributed by atoms with Gasteiger partial charge in [0.1, 0.15) is 11.3 Å². The molecule has 140 valence electrons. The molecule has 8 heteroatoms. The van der Waals surface area contributed by atoms with Crippen LogP contribution in [0.25, 0.3) is 22.2 Å². The van der Waals surface area contributed by atoms with Gasteiger partial charge in [-0.3, -0.25) is 5.43 Å². The summed E-state index contributed by atoms with van der Waals surface area (Å²) in [6.45, 7) is 0. The predicted octanol–water partition coefficient (Wildman–Crippen LogP) is 5.02. The number of rotatable bonds is 5. The Balaban J connectivity index is 1.56.